The smallest absolute Gasteiger partial charge is 0.394 e. The number of carbonyl (C=O) groups excluding carboxylic acids is 1. The van der Waals surface area contributed by atoms with Crippen LogP contribution in [0.25, 0.3) is 0 Å². The van der Waals surface area contributed by atoms with E-state index in [1.807, 2.05) is 0 Å². The van der Waals surface area contributed by atoms with Crippen LogP contribution in [0.1, 0.15) is 0 Å². The van der Waals surface area contributed by atoms with Gasteiger partial charge in [-0.3, -0.25) is 9.11 Å². The SMILES string of the molecule is O=C1C=CO1.O=S(=O)(O)O. The first-order valence-corrected chi connectivity index (χ1v) is 3.36. The Bertz CT molecular complexity index is 228. The maximum Gasteiger partial charge on any atom is 0.394 e. The second-order valence-corrected chi connectivity index (χ2v) is 2.08. The lowest BCUT2D eigenvalue weighted by atomic mass is 10.6. The van der Waals surface area contributed by atoms with Crippen LogP contribution in [-0.2, 0) is 19.9 Å². The molecule has 58 valence electrons. The van der Waals surface area contributed by atoms with E-state index >= 15 is 0 Å². The fourth-order valence-electron chi connectivity index (χ4n) is 0.124. The second-order valence-electron chi connectivity index (χ2n) is 1.19. The van der Waals surface area contributed by atoms with E-state index in [1.165, 1.54) is 12.3 Å². The van der Waals surface area contributed by atoms with Gasteiger partial charge < -0.3 is 4.74 Å². The molecule has 0 aromatic carbocycles. The van der Waals surface area contributed by atoms with Gasteiger partial charge >= 0.3 is 16.4 Å². The van der Waals surface area contributed by atoms with Crippen LogP contribution in [0.15, 0.2) is 12.3 Å². The van der Waals surface area contributed by atoms with Crippen LogP contribution in [0.4, 0.5) is 0 Å². The summed E-state index contributed by atoms with van der Waals surface area (Å²) in [5, 5.41) is 0. The van der Waals surface area contributed by atoms with Crippen molar-refractivity contribution in [2.24, 2.45) is 0 Å². The van der Waals surface area contributed by atoms with Crippen LogP contribution in [0.3, 0.4) is 0 Å². The number of esters is 1. The molecule has 0 amide bonds. The zero-order valence-electron chi connectivity index (χ0n) is 4.59. The lowest BCUT2D eigenvalue weighted by molar-refractivity contribution is -0.136. The molecule has 1 rings (SSSR count). The minimum absolute atomic E-state index is 0.245. The van der Waals surface area contributed by atoms with Gasteiger partial charge in [-0.1, -0.05) is 0 Å². The zero-order chi connectivity index (χ0) is 8.20. The van der Waals surface area contributed by atoms with Gasteiger partial charge in [0.05, 0.1) is 6.08 Å². The molecule has 0 unspecified atom stereocenters. The van der Waals surface area contributed by atoms with Gasteiger partial charge in [-0.25, -0.2) is 4.79 Å². The summed E-state index contributed by atoms with van der Waals surface area (Å²) in [6.07, 6.45) is 2.71. The second kappa shape index (κ2) is 3.30. The number of hydrogen-bond acceptors (Lipinski definition) is 4. The number of ether oxygens (including phenoxy) is 1. The van der Waals surface area contributed by atoms with Crippen LogP contribution < -0.4 is 0 Å². The van der Waals surface area contributed by atoms with Crippen molar-refractivity contribution in [1.29, 1.82) is 0 Å². The third-order valence-electron chi connectivity index (χ3n) is 0.388. The van der Waals surface area contributed by atoms with Crippen molar-refractivity contribution in [2.75, 3.05) is 0 Å². The molecule has 7 heteroatoms. The van der Waals surface area contributed by atoms with Crippen LogP contribution in [0, 0.1) is 0 Å². The van der Waals surface area contributed by atoms with Gasteiger partial charge in [-0.05, 0) is 0 Å². The molecule has 1 heterocycles. The summed E-state index contributed by atoms with van der Waals surface area (Å²) in [6.45, 7) is 0. The Kier molecular flexibility index (Phi) is 3.00. The Labute approximate surface area is 56.7 Å². The van der Waals surface area contributed by atoms with E-state index in [0.29, 0.717) is 0 Å². The van der Waals surface area contributed by atoms with Gasteiger partial charge in [-0.15, -0.1) is 0 Å². The fraction of sp³-hybridized carbons (Fsp3) is 0. The average Bonchev–Trinajstić information content (AvgIpc) is 1.56. The molecular formula is C3H4O6S. The molecule has 0 bridgehead atoms. The van der Waals surface area contributed by atoms with Gasteiger partial charge in [0.2, 0.25) is 0 Å². The summed E-state index contributed by atoms with van der Waals surface area (Å²) in [6, 6.07) is 0. The Morgan fingerprint density at radius 1 is 1.40 bits per heavy atom. The highest BCUT2D eigenvalue weighted by atomic mass is 32.3. The molecule has 10 heavy (non-hydrogen) atoms. The van der Waals surface area contributed by atoms with Crippen molar-refractivity contribution < 1.29 is 27.1 Å². The van der Waals surface area contributed by atoms with Gasteiger partial charge in [0, 0.05) is 0 Å². The van der Waals surface area contributed by atoms with Crippen molar-refractivity contribution in [3.8, 4) is 0 Å². The third kappa shape index (κ3) is 10.1. The lowest BCUT2D eigenvalue weighted by Gasteiger charge is -1.96. The maximum atomic E-state index is 9.59. The van der Waals surface area contributed by atoms with Crippen molar-refractivity contribution in [2.45, 2.75) is 0 Å². The first-order chi connectivity index (χ1) is 4.39. The largest absolute Gasteiger partial charge is 0.431 e. The minimum atomic E-state index is -4.67. The molecule has 0 radical (unpaired) electrons. The average molecular weight is 168 g/mol. The predicted molar refractivity (Wildman–Crippen MR) is 29.4 cm³/mol. The summed E-state index contributed by atoms with van der Waals surface area (Å²) in [7, 11) is -4.67. The Morgan fingerprint density at radius 2 is 1.60 bits per heavy atom. The number of cyclic esters (lactones) is 1. The molecule has 6 nitrogen and oxygen atoms in total. The standard InChI is InChI=1S/C3H2O2.H2O4S/c4-3-1-2-5-3;1-5(2,3)4/h1-2H;(H2,1,2,3,4). The molecule has 0 saturated carbocycles. The third-order valence-corrected chi connectivity index (χ3v) is 0.388. The molecule has 2 N–H and O–H groups in total. The molecular weight excluding hydrogens is 164 g/mol. The van der Waals surface area contributed by atoms with E-state index in [-0.39, 0.29) is 5.97 Å². The summed E-state index contributed by atoms with van der Waals surface area (Å²) in [5.74, 6) is -0.245. The van der Waals surface area contributed by atoms with E-state index in [1.54, 1.807) is 0 Å². The Morgan fingerprint density at radius 3 is 1.60 bits per heavy atom. The summed E-state index contributed by atoms with van der Waals surface area (Å²) in [5.41, 5.74) is 0. The van der Waals surface area contributed by atoms with Gasteiger partial charge in [0.25, 0.3) is 0 Å². The first kappa shape index (κ1) is 9.08. The van der Waals surface area contributed by atoms with E-state index in [4.69, 9.17) is 17.5 Å². The van der Waals surface area contributed by atoms with Crippen LogP contribution >= 0.6 is 0 Å². The summed E-state index contributed by atoms with van der Waals surface area (Å²) in [4.78, 5) is 9.59. The molecule has 0 aliphatic carbocycles. The molecule has 0 saturated heterocycles. The van der Waals surface area contributed by atoms with Crippen molar-refractivity contribution in [3.63, 3.8) is 0 Å². The number of rotatable bonds is 0. The van der Waals surface area contributed by atoms with Crippen LogP contribution in [0.2, 0.25) is 0 Å². The first-order valence-electron chi connectivity index (χ1n) is 1.96. The normalized spacial score (nSPS) is 14.4. The lowest BCUT2D eigenvalue weighted by Crippen LogP contribution is -2.01. The van der Waals surface area contributed by atoms with E-state index in [2.05, 4.69) is 4.74 Å². The molecule has 1 aliphatic heterocycles. The molecule has 0 atom stereocenters. The minimum Gasteiger partial charge on any atom is -0.431 e. The van der Waals surface area contributed by atoms with Crippen molar-refractivity contribution >= 4 is 16.4 Å². The summed E-state index contributed by atoms with van der Waals surface area (Å²) < 4.78 is 35.7. The molecule has 0 spiro atoms. The zero-order valence-corrected chi connectivity index (χ0v) is 5.41. The Balaban J connectivity index is 0.000000162. The fourth-order valence-corrected chi connectivity index (χ4v) is 0.124. The van der Waals surface area contributed by atoms with E-state index < -0.39 is 10.4 Å². The maximum absolute atomic E-state index is 9.59. The van der Waals surface area contributed by atoms with Gasteiger partial charge in [0.15, 0.2) is 0 Å². The van der Waals surface area contributed by atoms with E-state index in [9.17, 15) is 4.79 Å². The molecule has 0 aromatic rings. The van der Waals surface area contributed by atoms with Crippen LogP contribution in [0.5, 0.6) is 0 Å². The van der Waals surface area contributed by atoms with Gasteiger partial charge in [-0.2, -0.15) is 8.42 Å². The predicted octanol–water partition coefficient (Wildman–Crippen LogP) is -0.596. The molecule has 1 aliphatic rings. The highest BCUT2D eigenvalue weighted by Crippen LogP contribution is 1.91. The Hall–Kier alpha value is -0.920. The quantitative estimate of drug-likeness (QED) is 0.370. The van der Waals surface area contributed by atoms with Crippen molar-refractivity contribution in [3.05, 3.63) is 12.3 Å². The van der Waals surface area contributed by atoms with E-state index in [0.717, 1.165) is 0 Å². The molecule has 0 aromatic heterocycles. The number of carbonyl (C=O) groups is 1. The highest BCUT2D eigenvalue weighted by Gasteiger charge is 1.99. The van der Waals surface area contributed by atoms with Crippen LogP contribution in [-0.4, -0.2) is 23.5 Å². The number of hydrogen-bond donors (Lipinski definition) is 2. The highest BCUT2D eigenvalue weighted by molar-refractivity contribution is 7.79. The monoisotopic (exact) mass is 168 g/mol. The molecule has 0 fully saturated rings. The topological polar surface area (TPSA) is 101 Å². The van der Waals surface area contributed by atoms with Gasteiger partial charge in [0.1, 0.15) is 6.26 Å². The van der Waals surface area contributed by atoms with Crippen molar-refractivity contribution in [1.82, 2.24) is 0 Å². The summed E-state index contributed by atoms with van der Waals surface area (Å²) >= 11 is 0.